The van der Waals surface area contributed by atoms with Crippen LogP contribution in [-0.2, 0) is 20.9 Å². The number of hydrogen-bond donors (Lipinski definition) is 1. The van der Waals surface area contributed by atoms with Gasteiger partial charge in [0.05, 0.1) is 6.61 Å². The maximum atomic E-state index is 6.36. The van der Waals surface area contributed by atoms with Gasteiger partial charge in [0, 0.05) is 30.1 Å². The number of benzene rings is 4. The highest BCUT2D eigenvalue weighted by Crippen LogP contribution is 2.41. The lowest BCUT2D eigenvalue weighted by Gasteiger charge is -2.43. The minimum Gasteiger partial charge on any atom is -0.382 e. The summed E-state index contributed by atoms with van der Waals surface area (Å²) in [4.78, 5) is 11.9. The molecule has 0 bridgehead atoms. The quantitative estimate of drug-likeness (QED) is 0.241. The first kappa shape index (κ1) is 24.3. The van der Waals surface area contributed by atoms with Gasteiger partial charge in [0.1, 0.15) is 6.10 Å². The molecule has 1 aliphatic heterocycles. The van der Waals surface area contributed by atoms with Crippen molar-refractivity contribution in [3.8, 4) is 22.3 Å². The van der Waals surface area contributed by atoms with E-state index < -0.39 is 5.79 Å². The normalized spacial score (nSPS) is 23.7. The molecule has 0 amide bonds. The van der Waals surface area contributed by atoms with Crippen LogP contribution in [0.4, 0.5) is 5.69 Å². The third-order valence-corrected chi connectivity index (χ3v) is 8.49. The molecule has 0 aromatic heterocycles. The van der Waals surface area contributed by atoms with Gasteiger partial charge in [-0.05, 0) is 64.3 Å². The fourth-order valence-corrected chi connectivity index (χ4v) is 6.24. The van der Waals surface area contributed by atoms with Crippen molar-refractivity contribution in [3.63, 3.8) is 0 Å². The maximum absolute atomic E-state index is 6.36. The van der Waals surface area contributed by atoms with Gasteiger partial charge in [-0.15, -0.1) is 0 Å². The van der Waals surface area contributed by atoms with Gasteiger partial charge in [0.2, 0.25) is 5.79 Å². The summed E-state index contributed by atoms with van der Waals surface area (Å²) in [6.07, 6.45) is 4.11. The summed E-state index contributed by atoms with van der Waals surface area (Å²) in [5.41, 5.74) is 11.0. The van der Waals surface area contributed by atoms with E-state index in [9.17, 15) is 0 Å². The van der Waals surface area contributed by atoms with Crippen LogP contribution in [0.25, 0.3) is 27.8 Å². The van der Waals surface area contributed by atoms with Gasteiger partial charge >= 0.3 is 0 Å². The van der Waals surface area contributed by atoms with E-state index in [-0.39, 0.29) is 6.10 Å². The molecule has 4 aromatic carbocycles. The lowest BCUT2D eigenvalue weighted by molar-refractivity contribution is -0.483. The second kappa shape index (κ2) is 10.1. The molecule has 0 radical (unpaired) electrons. The molecule has 1 atom stereocenters. The lowest BCUT2D eigenvalue weighted by atomic mass is 9.89. The zero-order chi connectivity index (χ0) is 26.2. The summed E-state index contributed by atoms with van der Waals surface area (Å²) in [6, 6.07) is 34.6. The van der Waals surface area contributed by atoms with Crippen molar-refractivity contribution in [1.82, 2.24) is 0 Å². The van der Waals surface area contributed by atoms with Crippen LogP contribution in [0.15, 0.2) is 104 Å². The monoisotopic (exact) mass is 515 g/mol. The number of nitrogens with one attached hydrogen (secondary N) is 1. The second-order valence-corrected chi connectivity index (χ2v) is 11.0. The molecule has 1 saturated carbocycles. The third-order valence-electron chi connectivity index (χ3n) is 8.49. The van der Waals surface area contributed by atoms with E-state index in [0.717, 1.165) is 43.2 Å². The largest absolute Gasteiger partial charge is 0.382 e. The SMILES string of the molecule is C=C(c1ccc2c(c1)Cc1ccccc1-2)C1COC2(CCC(Nc3ccccc3-c3ccccc3)CC2)OO1. The molecule has 2 aliphatic carbocycles. The second-order valence-electron chi connectivity index (χ2n) is 11.0. The number of para-hydroxylation sites is 1. The van der Waals surface area contributed by atoms with Crippen LogP contribution in [0.5, 0.6) is 0 Å². The third kappa shape index (κ3) is 4.70. The molecule has 1 spiro atoms. The summed E-state index contributed by atoms with van der Waals surface area (Å²) in [7, 11) is 0. The Kier molecular flexibility index (Phi) is 6.32. The maximum Gasteiger partial charge on any atom is 0.201 e. The molecule has 4 heteroatoms. The van der Waals surface area contributed by atoms with Crippen LogP contribution >= 0.6 is 0 Å². The van der Waals surface area contributed by atoms with Crippen molar-refractivity contribution >= 4 is 11.3 Å². The van der Waals surface area contributed by atoms with Crippen LogP contribution in [0.2, 0.25) is 0 Å². The fourth-order valence-electron chi connectivity index (χ4n) is 6.24. The first-order valence-electron chi connectivity index (χ1n) is 14.0. The van der Waals surface area contributed by atoms with Crippen molar-refractivity contribution in [2.45, 2.75) is 50.0 Å². The number of anilines is 1. The average Bonchev–Trinajstić information content (AvgIpc) is 3.37. The Hall–Kier alpha value is -3.70. The Balaban J connectivity index is 0.961. The number of fused-ring (bicyclic) bond motifs is 3. The van der Waals surface area contributed by atoms with Gasteiger partial charge in [-0.3, -0.25) is 0 Å². The van der Waals surface area contributed by atoms with E-state index >= 15 is 0 Å². The molecule has 4 nitrogen and oxygen atoms in total. The molecule has 4 aromatic rings. The summed E-state index contributed by atoms with van der Waals surface area (Å²) >= 11 is 0. The highest BCUT2D eigenvalue weighted by molar-refractivity contribution is 5.80. The Morgan fingerprint density at radius 1 is 0.769 bits per heavy atom. The Bertz CT molecular complexity index is 1490. The molecule has 7 rings (SSSR count). The van der Waals surface area contributed by atoms with Crippen molar-refractivity contribution < 1.29 is 14.5 Å². The lowest BCUT2D eigenvalue weighted by Crippen LogP contribution is -2.49. The van der Waals surface area contributed by atoms with Crippen molar-refractivity contribution in [2.24, 2.45) is 0 Å². The van der Waals surface area contributed by atoms with Crippen LogP contribution in [0.1, 0.15) is 42.4 Å². The van der Waals surface area contributed by atoms with Gasteiger partial charge in [-0.25, -0.2) is 9.78 Å². The number of ether oxygens (including phenoxy) is 1. The van der Waals surface area contributed by atoms with Crippen LogP contribution in [0, 0.1) is 0 Å². The molecule has 1 saturated heterocycles. The fraction of sp³-hybridized carbons (Fsp3) is 0.257. The molecular formula is C35H33NO3. The van der Waals surface area contributed by atoms with Crippen molar-refractivity contribution in [3.05, 3.63) is 120 Å². The van der Waals surface area contributed by atoms with E-state index in [0.29, 0.717) is 12.6 Å². The number of hydrogen-bond acceptors (Lipinski definition) is 4. The zero-order valence-corrected chi connectivity index (χ0v) is 22.1. The molecular weight excluding hydrogens is 482 g/mol. The minimum atomic E-state index is -0.673. The van der Waals surface area contributed by atoms with E-state index in [1.54, 1.807) is 0 Å². The molecule has 39 heavy (non-hydrogen) atoms. The molecule has 1 heterocycles. The van der Waals surface area contributed by atoms with E-state index in [4.69, 9.17) is 14.5 Å². The highest BCUT2D eigenvalue weighted by Gasteiger charge is 2.43. The standard InChI is InChI=1S/C35H33NO3/c1-24(26-15-16-31-28(21-26)22-27-11-5-6-12-30(27)31)34-23-37-35(39-38-34)19-17-29(18-20-35)36-33-14-8-7-13-32(33)25-9-3-2-4-10-25/h2-16,21,29,34,36H,1,17-20,22-23H2. The van der Waals surface area contributed by atoms with E-state index in [1.807, 2.05) is 0 Å². The zero-order valence-electron chi connectivity index (χ0n) is 22.1. The molecule has 1 unspecified atom stereocenters. The van der Waals surface area contributed by atoms with E-state index in [2.05, 4.69) is 109 Å². The summed E-state index contributed by atoms with van der Waals surface area (Å²) < 4.78 is 6.36. The van der Waals surface area contributed by atoms with Crippen LogP contribution in [0.3, 0.4) is 0 Å². The first-order valence-corrected chi connectivity index (χ1v) is 14.0. The first-order chi connectivity index (χ1) is 19.2. The molecule has 3 aliphatic rings. The van der Waals surface area contributed by atoms with Crippen LogP contribution < -0.4 is 5.32 Å². The predicted molar refractivity (Wildman–Crippen MR) is 156 cm³/mol. The Morgan fingerprint density at radius 2 is 1.49 bits per heavy atom. The highest BCUT2D eigenvalue weighted by atomic mass is 17.2. The van der Waals surface area contributed by atoms with Gasteiger partial charge in [0.25, 0.3) is 0 Å². The summed E-state index contributed by atoms with van der Waals surface area (Å²) in [5.74, 6) is -0.673. The van der Waals surface area contributed by atoms with Crippen molar-refractivity contribution in [2.75, 3.05) is 11.9 Å². The minimum absolute atomic E-state index is 0.314. The molecule has 2 fully saturated rings. The Labute approximate surface area is 230 Å². The van der Waals surface area contributed by atoms with Gasteiger partial charge < -0.3 is 10.1 Å². The molecule has 196 valence electrons. The number of rotatable bonds is 5. The topological polar surface area (TPSA) is 39.7 Å². The van der Waals surface area contributed by atoms with Gasteiger partial charge in [-0.1, -0.05) is 97.6 Å². The van der Waals surface area contributed by atoms with Gasteiger partial charge in [-0.2, -0.15) is 0 Å². The van der Waals surface area contributed by atoms with E-state index in [1.165, 1.54) is 39.1 Å². The predicted octanol–water partition coefficient (Wildman–Crippen LogP) is 8.04. The van der Waals surface area contributed by atoms with Gasteiger partial charge in [0.15, 0.2) is 0 Å². The Morgan fingerprint density at radius 3 is 2.28 bits per heavy atom. The summed E-state index contributed by atoms with van der Waals surface area (Å²) in [6.45, 7) is 4.80. The smallest absolute Gasteiger partial charge is 0.201 e. The average molecular weight is 516 g/mol. The summed E-state index contributed by atoms with van der Waals surface area (Å²) in [5, 5.41) is 3.78. The molecule has 1 N–H and O–H groups in total. The van der Waals surface area contributed by atoms with Crippen LogP contribution in [-0.4, -0.2) is 24.5 Å². The van der Waals surface area contributed by atoms with Crippen molar-refractivity contribution in [1.29, 1.82) is 0 Å².